The first-order chi connectivity index (χ1) is 11.1. The maximum Gasteiger partial charge on any atom is 0.227 e. The lowest BCUT2D eigenvalue weighted by atomic mass is 10.1. The van der Waals surface area contributed by atoms with Gasteiger partial charge in [-0.3, -0.25) is 14.6 Å². The van der Waals surface area contributed by atoms with Gasteiger partial charge in [-0.25, -0.2) is 0 Å². The highest BCUT2D eigenvalue weighted by atomic mass is 32.2. The van der Waals surface area contributed by atoms with Crippen molar-refractivity contribution in [1.29, 1.82) is 5.26 Å². The van der Waals surface area contributed by atoms with Crippen LogP contribution in [0, 0.1) is 17.2 Å². The minimum atomic E-state index is -0.00103. The number of rotatable bonds is 3. The molecule has 1 saturated heterocycles. The number of carbonyl (C=O) groups is 2. The van der Waals surface area contributed by atoms with Gasteiger partial charge in [-0.15, -0.1) is 0 Å². The predicted octanol–water partition coefficient (Wildman–Crippen LogP) is 2.74. The fourth-order valence-electron chi connectivity index (χ4n) is 2.84. The predicted molar refractivity (Wildman–Crippen MR) is 90.1 cm³/mol. The van der Waals surface area contributed by atoms with Gasteiger partial charge < -0.3 is 4.90 Å². The number of thioether (sulfide) groups is 1. The van der Waals surface area contributed by atoms with Gasteiger partial charge in [0.2, 0.25) is 5.91 Å². The van der Waals surface area contributed by atoms with Crippen molar-refractivity contribution in [2.45, 2.75) is 13.3 Å². The smallest absolute Gasteiger partial charge is 0.227 e. The molecule has 1 aromatic carbocycles. The molecule has 116 valence electrons. The molecule has 0 aliphatic carbocycles. The van der Waals surface area contributed by atoms with Gasteiger partial charge in [0.15, 0.2) is 5.12 Å². The quantitative estimate of drug-likeness (QED) is 0.867. The van der Waals surface area contributed by atoms with Gasteiger partial charge >= 0.3 is 0 Å². The molecule has 0 spiro atoms. The second-order valence-corrected chi connectivity index (χ2v) is 6.72. The van der Waals surface area contributed by atoms with E-state index in [1.54, 1.807) is 23.2 Å². The molecular formula is C17H15N3O2S. The third kappa shape index (κ3) is 3.06. The molecule has 0 bridgehead atoms. The first-order valence-corrected chi connectivity index (χ1v) is 8.30. The zero-order valence-electron chi connectivity index (χ0n) is 12.7. The Morgan fingerprint density at radius 3 is 3.04 bits per heavy atom. The van der Waals surface area contributed by atoms with Crippen LogP contribution in [-0.4, -0.2) is 28.3 Å². The molecule has 1 unspecified atom stereocenters. The lowest BCUT2D eigenvalue weighted by molar-refractivity contribution is -0.117. The summed E-state index contributed by atoms with van der Waals surface area (Å²) in [7, 11) is 0. The number of nitrogens with zero attached hydrogens (tertiary/aromatic N) is 3. The molecule has 0 N–H and O–H groups in total. The van der Waals surface area contributed by atoms with Gasteiger partial charge in [-0.05, 0) is 30.2 Å². The Morgan fingerprint density at radius 1 is 1.48 bits per heavy atom. The Morgan fingerprint density at radius 2 is 2.30 bits per heavy atom. The minimum Gasteiger partial charge on any atom is -0.311 e. The van der Waals surface area contributed by atoms with E-state index in [0.29, 0.717) is 30.0 Å². The second-order valence-electron chi connectivity index (χ2n) is 5.52. The number of anilines is 1. The van der Waals surface area contributed by atoms with Crippen LogP contribution in [0.4, 0.5) is 5.69 Å². The van der Waals surface area contributed by atoms with Crippen molar-refractivity contribution in [3.63, 3.8) is 0 Å². The lowest BCUT2D eigenvalue weighted by Crippen LogP contribution is -2.25. The number of fused-ring (bicyclic) bond motifs is 1. The largest absolute Gasteiger partial charge is 0.311 e. The van der Waals surface area contributed by atoms with Crippen molar-refractivity contribution in [2.24, 2.45) is 5.92 Å². The van der Waals surface area contributed by atoms with Crippen LogP contribution in [0.1, 0.15) is 18.9 Å². The van der Waals surface area contributed by atoms with Crippen molar-refractivity contribution in [3.8, 4) is 6.07 Å². The fourth-order valence-corrected chi connectivity index (χ4v) is 3.54. The topological polar surface area (TPSA) is 74.1 Å². The van der Waals surface area contributed by atoms with Gasteiger partial charge in [0.25, 0.3) is 0 Å². The molecule has 1 fully saturated rings. The van der Waals surface area contributed by atoms with Gasteiger partial charge in [-0.2, -0.15) is 5.26 Å². The maximum absolute atomic E-state index is 12.3. The van der Waals surface area contributed by atoms with E-state index in [4.69, 9.17) is 0 Å². The minimum absolute atomic E-state index is 0.00103. The van der Waals surface area contributed by atoms with Crippen molar-refractivity contribution < 1.29 is 9.59 Å². The first kappa shape index (κ1) is 15.5. The molecule has 1 aliphatic heterocycles. The Kier molecular flexibility index (Phi) is 4.30. The molecule has 2 heterocycles. The number of pyridine rings is 1. The Balaban J connectivity index is 1.93. The Bertz CT molecular complexity index is 828. The van der Waals surface area contributed by atoms with Gasteiger partial charge in [0.05, 0.1) is 16.8 Å². The molecule has 6 heteroatoms. The van der Waals surface area contributed by atoms with E-state index in [0.717, 1.165) is 10.9 Å². The first-order valence-electron chi connectivity index (χ1n) is 7.31. The van der Waals surface area contributed by atoms with Crippen LogP contribution in [-0.2, 0) is 9.59 Å². The number of aromatic nitrogens is 1. The summed E-state index contributed by atoms with van der Waals surface area (Å²) >= 11 is 1.25. The standard InChI is InChI=1S/C17H15N3O2S/c1-11(21)23-10-12-7-17(22)20(9-12)16-5-4-15-13(14(16)8-18)3-2-6-19-15/h2-6,12H,7,9-10H2,1H3. The molecule has 1 atom stereocenters. The van der Waals surface area contributed by atoms with E-state index >= 15 is 0 Å². The van der Waals surface area contributed by atoms with E-state index < -0.39 is 0 Å². The summed E-state index contributed by atoms with van der Waals surface area (Å²) in [5.41, 5.74) is 1.85. The SMILES string of the molecule is CC(=O)SCC1CC(=O)N(c2ccc3ncccc3c2C#N)C1. The van der Waals surface area contributed by atoms with Crippen molar-refractivity contribution in [1.82, 2.24) is 4.98 Å². The molecule has 1 amide bonds. The number of hydrogen-bond donors (Lipinski definition) is 0. The van der Waals surface area contributed by atoms with E-state index in [9.17, 15) is 14.9 Å². The second kappa shape index (κ2) is 6.39. The molecular weight excluding hydrogens is 310 g/mol. The highest BCUT2D eigenvalue weighted by Gasteiger charge is 2.32. The van der Waals surface area contributed by atoms with Crippen LogP contribution in [0.15, 0.2) is 30.5 Å². The van der Waals surface area contributed by atoms with Crippen LogP contribution in [0.2, 0.25) is 0 Å². The molecule has 23 heavy (non-hydrogen) atoms. The summed E-state index contributed by atoms with van der Waals surface area (Å²) in [6.07, 6.45) is 2.09. The number of amides is 1. The Hall–Kier alpha value is -2.39. The van der Waals surface area contributed by atoms with E-state index in [1.807, 2.05) is 12.1 Å². The van der Waals surface area contributed by atoms with E-state index in [1.165, 1.54) is 18.7 Å². The lowest BCUT2D eigenvalue weighted by Gasteiger charge is -2.19. The molecule has 1 aromatic heterocycles. The average molecular weight is 325 g/mol. The Labute approximate surface area is 138 Å². The molecule has 3 rings (SSSR count). The summed E-state index contributed by atoms with van der Waals surface area (Å²) in [6.45, 7) is 2.07. The van der Waals surface area contributed by atoms with E-state index in [2.05, 4.69) is 11.1 Å². The third-order valence-electron chi connectivity index (χ3n) is 3.89. The van der Waals surface area contributed by atoms with E-state index in [-0.39, 0.29) is 16.9 Å². The summed E-state index contributed by atoms with van der Waals surface area (Å²) in [4.78, 5) is 29.3. The van der Waals surface area contributed by atoms with Crippen molar-refractivity contribution in [3.05, 3.63) is 36.0 Å². The van der Waals surface area contributed by atoms with Crippen LogP contribution in [0.3, 0.4) is 0 Å². The summed E-state index contributed by atoms with van der Waals surface area (Å²) in [6, 6.07) is 9.45. The normalized spacial score (nSPS) is 17.5. The van der Waals surface area contributed by atoms with Crippen LogP contribution in [0.25, 0.3) is 10.9 Å². The summed E-state index contributed by atoms with van der Waals surface area (Å²) in [5, 5.41) is 10.4. The highest BCUT2D eigenvalue weighted by molar-refractivity contribution is 8.13. The molecule has 2 aromatic rings. The number of nitriles is 1. The van der Waals surface area contributed by atoms with Crippen molar-refractivity contribution in [2.75, 3.05) is 17.2 Å². The molecule has 0 saturated carbocycles. The third-order valence-corrected chi connectivity index (χ3v) is 4.94. The number of benzene rings is 1. The molecule has 1 aliphatic rings. The monoisotopic (exact) mass is 325 g/mol. The number of hydrogen-bond acceptors (Lipinski definition) is 5. The summed E-state index contributed by atoms with van der Waals surface area (Å²) in [5.74, 6) is 0.764. The fraction of sp³-hybridized carbons (Fsp3) is 0.294. The van der Waals surface area contributed by atoms with Gasteiger partial charge in [0, 0.05) is 37.2 Å². The molecule has 0 radical (unpaired) electrons. The van der Waals surface area contributed by atoms with Crippen molar-refractivity contribution >= 4 is 39.4 Å². The highest BCUT2D eigenvalue weighted by Crippen LogP contribution is 2.32. The van der Waals surface area contributed by atoms with Crippen LogP contribution < -0.4 is 4.90 Å². The van der Waals surface area contributed by atoms with Gasteiger partial charge in [0.1, 0.15) is 6.07 Å². The average Bonchev–Trinajstić information content (AvgIpc) is 2.92. The number of carbonyl (C=O) groups excluding carboxylic acids is 2. The maximum atomic E-state index is 12.3. The zero-order valence-corrected chi connectivity index (χ0v) is 13.5. The summed E-state index contributed by atoms with van der Waals surface area (Å²) < 4.78 is 0. The van der Waals surface area contributed by atoms with Gasteiger partial charge in [-0.1, -0.05) is 11.8 Å². The zero-order chi connectivity index (χ0) is 16.4. The molecule has 5 nitrogen and oxygen atoms in total. The van der Waals surface area contributed by atoms with Crippen LogP contribution >= 0.6 is 11.8 Å². The van der Waals surface area contributed by atoms with Crippen LogP contribution in [0.5, 0.6) is 0 Å².